The molecule has 1 unspecified atom stereocenters. The van der Waals surface area contributed by atoms with Gasteiger partial charge in [0.2, 0.25) is 11.8 Å². The number of rotatable bonds is 3. The van der Waals surface area contributed by atoms with Gasteiger partial charge < -0.3 is 0 Å². The molecule has 1 atom stereocenters. The van der Waals surface area contributed by atoms with Crippen LogP contribution in [0.25, 0.3) is 0 Å². The third kappa shape index (κ3) is 2.45. The highest BCUT2D eigenvalue weighted by Crippen LogP contribution is 2.40. The summed E-state index contributed by atoms with van der Waals surface area (Å²) in [7, 11) is 0. The topological polar surface area (TPSA) is 66.5 Å². The van der Waals surface area contributed by atoms with Gasteiger partial charge in [-0.1, -0.05) is 33.1 Å². The van der Waals surface area contributed by atoms with Crippen LogP contribution in [0.1, 0.15) is 59.3 Å². The molecule has 0 bridgehead atoms. The van der Waals surface area contributed by atoms with Crippen molar-refractivity contribution in [1.29, 1.82) is 0 Å². The molecular formula is C15H24N2O3. The van der Waals surface area contributed by atoms with E-state index in [2.05, 4.69) is 19.2 Å². The van der Waals surface area contributed by atoms with E-state index in [9.17, 15) is 14.4 Å². The normalized spacial score (nSPS) is 24.2. The number of hydrogen-bond acceptors (Lipinski definition) is 3. The molecule has 2 aliphatic rings. The van der Waals surface area contributed by atoms with E-state index >= 15 is 0 Å². The molecule has 0 radical (unpaired) electrons. The molecule has 1 spiro atoms. The summed E-state index contributed by atoms with van der Waals surface area (Å²) in [6, 6.07) is -0.723. The lowest BCUT2D eigenvalue weighted by atomic mass is 9.71. The fraction of sp³-hybridized carbons (Fsp3) is 0.800. The minimum Gasteiger partial charge on any atom is -0.277 e. The molecule has 5 nitrogen and oxygen atoms in total. The summed E-state index contributed by atoms with van der Waals surface area (Å²) < 4.78 is 0. The summed E-state index contributed by atoms with van der Waals surface area (Å²) in [5, 5.41) is 2.40. The van der Waals surface area contributed by atoms with Crippen molar-refractivity contribution in [3.8, 4) is 0 Å². The van der Waals surface area contributed by atoms with E-state index in [-0.39, 0.29) is 17.9 Å². The summed E-state index contributed by atoms with van der Waals surface area (Å²) in [5.74, 6) is -0.273. The maximum atomic E-state index is 12.8. The largest absolute Gasteiger partial charge is 0.331 e. The molecule has 2 rings (SSSR count). The first-order valence-corrected chi connectivity index (χ1v) is 7.57. The van der Waals surface area contributed by atoms with Crippen LogP contribution in [0.4, 0.5) is 4.79 Å². The van der Waals surface area contributed by atoms with Crippen LogP contribution in [0.5, 0.6) is 0 Å². The Balaban J connectivity index is 2.26. The molecule has 1 aliphatic carbocycles. The van der Waals surface area contributed by atoms with Crippen molar-refractivity contribution in [2.45, 2.75) is 65.3 Å². The quantitative estimate of drug-likeness (QED) is 0.807. The summed E-state index contributed by atoms with van der Waals surface area (Å²) in [6.07, 6.45) is 4.69. The average molecular weight is 280 g/mol. The molecule has 5 heteroatoms. The Morgan fingerprint density at radius 3 is 2.25 bits per heavy atom. The zero-order valence-corrected chi connectivity index (χ0v) is 12.6. The van der Waals surface area contributed by atoms with Gasteiger partial charge in [-0.2, -0.15) is 0 Å². The maximum absolute atomic E-state index is 12.8. The number of nitrogens with one attached hydrogen (secondary N) is 1. The third-order valence-corrected chi connectivity index (χ3v) is 4.46. The van der Waals surface area contributed by atoms with Crippen LogP contribution < -0.4 is 5.32 Å². The van der Waals surface area contributed by atoms with Gasteiger partial charge in [-0.15, -0.1) is 0 Å². The molecule has 20 heavy (non-hydrogen) atoms. The smallest absolute Gasteiger partial charge is 0.277 e. The van der Waals surface area contributed by atoms with Gasteiger partial charge in [0.25, 0.3) is 0 Å². The molecule has 1 saturated heterocycles. The molecule has 1 aliphatic heterocycles. The molecule has 0 aromatic heterocycles. The van der Waals surface area contributed by atoms with Crippen LogP contribution in [0, 0.1) is 11.3 Å². The van der Waals surface area contributed by atoms with E-state index in [4.69, 9.17) is 0 Å². The molecular weight excluding hydrogens is 256 g/mol. The minimum absolute atomic E-state index is 0.172. The second-order valence-electron chi connectivity index (χ2n) is 6.56. The van der Waals surface area contributed by atoms with E-state index in [1.807, 2.05) is 6.92 Å². The fourth-order valence-electron chi connectivity index (χ4n) is 3.48. The van der Waals surface area contributed by atoms with Crippen LogP contribution >= 0.6 is 0 Å². The summed E-state index contributed by atoms with van der Waals surface area (Å²) in [6.45, 7) is 6.00. The minimum atomic E-state index is -0.989. The highest BCUT2D eigenvalue weighted by molar-refractivity contribution is 6.19. The number of barbiturate groups is 1. The van der Waals surface area contributed by atoms with Gasteiger partial charge in [-0.05, 0) is 32.1 Å². The van der Waals surface area contributed by atoms with Gasteiger partial charge in [0.1, 0.15) is 5.41 Å². The highest BCUT2D eigenvalue weighted by atomic mass is 16.2. The van der Waals surface area contributed by atoms with Crippen LogP contribution in [0.2, 0.25) is 0 Å². The van der Waals surface area contributed by atoms with Crippen molar-refractivity contribution in [3.05, 3.63) is 0 Å². The molecule has 4 amide bonds. The van der Waals surface area contributed by atoms with Gasteiger partial charge in [0.15, 0.2) is 0 Å². The molecule has 112 valence electrons. The van der Waals surface area contributed by atoms with E-state index in [1.54, 1.807) is 0 Å². The first-order valence-electron chi connectivity index (χ1n) is 7.57. The molecule has 2 fully saturated rings. The van der Waals surface area contributed by atoms with Crippen LogP contribution in [0.3, 0.4) is 0 Å². The number of imide groups is 2. The third-order valence-electron chi connectivity index (χ3n) is 4.46. The second kappa shape index (κ2) is 5.54. The Kier molecular flexibility index (Phi) is 4.16. The van der Waals surface area contributed by atoms with Crippen molar-refractivity contribution in [2.24, 2.45) is 11.3 Å². The summed E-state index contributed by atoms with van der Waals surface area (Å²) in [5.41, 5.74) is -0.989. The van der Waals surface area contributed by atoms with Crippen molar-refractivity contribution in [3.63, 3.8) is 0 Å². The first kappa shape index (κ1) is 15.0. The van der Waals surface area contributed by atoms with Crippen LogP contribution in [0.15, 0.2) is 0 Å². The first-order chi connectivity index (χ1) is 9.38. The number of carbonyl (C=O) groups is 3. The number of hydrogen-bond donors (Lipinski definition) is 1. The SMILES string of the molecule is CC(C)CC(C)N1C(=O)NC(=O)C2(CCCCC2)C1=O. The zero-order chi connectivity index (χ0) is 14.9. The summed E-state index contributed by atoms with van der Waals surface area (Å²) in [4.78, 5) is 38.3. The second-order valence-corrected chi connectivity index (χ2v) is 6.56. The predicted octanol–water partition coefficient (Wildman–Crippen LogP) is 2.45. The van der Waals surface area contributed by atoms with Crippen molar-refractivity contribution in [2.75, 3.05) is 0 Å². The van der Waals surface area contributed by atoms with Crippen LogP contribution in [-0.4, -0.2) is 28.8 Å². The van der Waals surface area contributed by atoms with Crippen molar-refractivity contribution < 1.29 is 14.4 Å². The molecule has 0 aromatic carbocycles. The lowest BCUT2D eigenvalue weighted by Crippen LogP contribution is -2.66. The van der Waals surface area contributed by atoms with Gasteiger partial charge in [0.05, 0.1) is 0 Å². The molecule has 0 aromatic rings. The Morgan fingerprint density at radius 2 is 1.70 bits per heavy atom. The summed E-state index contributed by atoms with van der Waals surface area (Å²) >= 11 is 0. The number of nitrogens with zero attached hydrogens (tertiary/aromatic N) is 1. The fourth-order valence-corrected chi connectivity index (χ4v) is 3.48. The Hall–Kier alpha value is -1.39. The zero-order valence-electron chi connectivity index (χ0n) is 12.6. The van der Waals surface area contributed by atoms with Gasteiger partial charge in [0, 0.05) is 6.04 Å². The lowest BCUT2D eigenvalue weighted by Gasteiger charge is -2.43. The number of amides is 4. The van der Waals surface area contributed by atoms with E-state index in [1.165, 1.54) is 4.90 Å². The van der Waals surface area contributed by atoms with Crippen molar-refractivity contribution in [1.82, 2.24) is 10.2 Å². The molecule has 1 N–H and O–H groups in total. The number of urea groups is 1. The maximum Gasteiger partial charge on any atom is 0.331 e. The Morgan fingerprint density at radius 1 is 1.10 bits per heavy atom. The highest BCUT2D eigenvalue weighted by Gasteiger charge is 2.54. The van der Waals surface area contributed by atoms with Gasteiger partial charge in [-0.3, -0.25) is 19.8 Å². The molecule has 1 saturated carbocycles. The molecule has 1 heterocycles. The van der Waals surface area contributed by atoms with Crippen LogP contribution in [-0.2, 0) is 9.59 Å². The Labute approximate surface area is 120 Å². The lowest BCUT2D eigenvalue weighted by molar-refractivity contribution is -0.155. The predicted molar refractivity (Wildman–Crippen MR) is 74.8 cm³/mol. The van der Waals surface area contributed by atoms with Gasteiger partial charge >= 0.3 is 6.03 Å². The standard InChI is InChI=1S/C15H24N2O3/c1-10(2)9-11(3)17-13(19)15(7-5-4-6-8-15)12(18)16-14(17)20/h10-11H,4-9H2,1-3H3,(H,16,18,20). The average Bonchev–Trinajstić information content (AvgIpc) is 2.37. The van der Waals surface area contributed by atoms with E-state index in [0.717, 1.165) is 25.7 Å². The van der Waals surface area contributed by atoms with Crippen molar-refractivity contribution >= 4 is 17.8 Å². The monoisotopic (exact) mass is 280 g/mol. The Bertz CT molecular complexity index is 425. The van der Waals surface area contributed by atoms with E-state index < -0.39 is 11.4 Å². The van der Waals surface area contributed by atoms with E-state index in [0.29, 0.717) is 18.8 Å². The van der Waals surface area contributed by atoms with Gasteiger partial charge in [-0.25, -0.2) is 4.79 Å². The number of carbonyl (C=O) groups excluding carboxylic acids is 3.